The van der Waals surface area contributed by atoms with Crippen LogP contribution in [0.1, 0.15) is 59.1 Å². The van der Waals surface area contributed by atoms with Gasteiger partial charge < -0.3 is 18.9 Å². The first-order chi connectivity index (χ1) is 14.4. The molecule has 1 aliphatic heterocycles. The first-order valence-corrected chi connectivity index (χ1v) is 9.84. The molecule has 1 fully saturated rings. The van der Waals surface area contributed by atoms with Crippen molar-refractivity contribution in [3.05, 3.63) is 46.6 Å². The lowest BCUT2D eigenvalue weighted by Crippen LogP contribution is -2.22. The van der Waals surface area contributed by atoms with Gasteiger partial charge in [-0.1, -0.05) is 11.6 Å². The SMILES string of the molecule is COc1cc([C@@H](CC=C(C)C)OC(=O)C2CCOC2)c(OC)c2c1C(=O)C=CC2=O. The predicted octanol–water partition coefficient (Wildman–Crippen LogP) is 3.62. The van der Waals surface area contributed by atoms with Gasteiger partial charge in [0.05, 0.1) is 37.9 Å². The molecule has 1 unspecified atom stereocenters. The van der Waals surface area contributed by atoms with Crippen molar-refractivity contribution < 1.29 is 33.3 Å². The van der Waals surface area contributed by atoms with Crippen LogP contribution in [-0.4, -0.2) is 45.0 Å². The molecule has 160 valence electrons. The summed E-state index contributed by atoms with van der Waals surface area (Å²) < 4.78 is 22.1. The maximum Gasteiger partial charge on any atom is 0.311 e. The van der Waals surface area contributed by atoms with Crippen LogP contribution in [0.15, 0.2) is 29.9 Å². The van der Waals surface area contributed by atoms with Gasteiger partial charge in [0.15, 0.2) is 11.6 Å². The van der Waals surface area contributed by atoms with Gasteiger partial charge in [-0.2, -0.15) is 0 Å². The molecule has 7 nitrogen and oxygen atoms in total. The maximum atomic E-state index is 12.7. The van der Waals surface area contributed by atoms with E-state index in [1.54, 1.807) is 6.07 Å². The van der Waals surface area contributed by atoms with Crippen molar-refractivity contribution >= 4 is 17.5 Å². The van der Waals surface area contributed by atoms with Crippen LogP contribution in [0, 0.1) is 5.92 Å². The number of allylic oxidation sites excluding steroid dienone is 3. The van der Waals surface area contributed by atoms with Gasteiger partial charge in [-0.05, 0) is 38.5 Å². The second-order valence-corrected chi connectivity index (χ2v) is 7.52. The van der Waals surface area contributed by atoms with E-state index in [4.69, 9.17) is 18.9 Å². The number of rotatable bonds is 7. The Morgan fingerprint density at radius 1 is 1.17 bits per heavy atom. The summed E-state index contributed by atoms with van der Waals surface area (Å²) >= 11 is 0. The highest BCUT2D eigenvalue weighted by molar-refractivity contribution is 6.24. The van der Waals surface area contributed by atoms with Gasteiger partial charge in [0.2, 0.25) is 0 Å². The zero-order valence-corrected chi connectivity index (χ0v) is 17.7. The number of benzene rings is 1. The first kappa shape index (κ1) is 21.8. The van der Waals surface area contributed by atoms with E-state index >= 15 is 0 Å². The summed E-state index contributed by atoms with van der Waals surface area (Å²) in [5.74, 6) is -0.927. The van der Waals surface area contributed by atoms with Gasteiger partial charge in [0.1, 0.15) is 17.6 Å². The van der Waals surface area contributed by atoms with Gasteiger partial charge in [-0.25, -0.2) is 0 Å². The van der Waals surface area contributed by atoms with Gasteiger partial charge >= 0.3 is 5.97 Å². The number of carbonyl (C=O) groups excluding carboxylic acids is 3. The summed E-state index contributed by atoms with van der Waals surface area (Å²) in [4.78, 5) is 37.8. The van der Waals surface area contributed by atoms with Gasteiger partial charge in [0.25, 0.3) is 0 Å². The molecule has 0 aromatic heterocycles. The molecule has 3 rings (SSSR count). The topological polar surface area (TPSA) is 88.1 Å². The summed E-state index contributed by atoms with van der Waals surface area (Å²) in [5.41, 5.74) is 1.82. The Morgan fingerprint density at radius 3 is 2.43 bits per heavy atom. The van der Waals surface area contributed by atoms with E-state index in [-0.39, 0.29) is 46.1 Å². The third-order valence-corrected chi connectivity index (χ3v) is 5.18. The standard InChI is InChI=1S/C23H26O7/c1-13(2)5-8-18(30-23(26)14-9-10-29-12-14)15-11-19(27-3)20-16(24)6-7-17(25)21(20)22(15)28-4/h5-7,11,14,18H,8-10,12H2,1-4H3/t14?,18-/m1/s1. The largest absolute Gasteiger partial charge is 0.496 e. The quantitative estimate of drug-likeness (QED) is 0.497. The number of carbonyl (C=O) groups is 3. The molecule has 1 aliphatic carbocycles. The monoisotopic (exact) mass is 414 g/mol. The molecule has 30 heavy (non-hydrogen) atoms. The van der Waals surface area contributed by atoms with E-state index < -0.39 is 6.10 Å². The number of ketones is 2. The van der Waals surface area contributed by atoms with Gasteiger partial charge in [-0.15, -0.1) is 0 Å². The molecule has 0 N–H and O–H groups in total. The highest BCUT2D eigenvalue weighted by Crippen LogP contribution is 2.42. The highest BCUT2D eigenvalue weighted by Gasteiger charge is 2.34. The molecule has 0 radical (unpaired) electrons. The van der Waals surface area contributed by atoms with Crippen LogP contribution in [0.25, 0.3) is 0 Å². The molecule has 2 aliphatic rings. The molecule has 1 aromatic carbocycles. The van der Waals surface area contributed by atoms with E-state index in [1.807, 2.05) is 19.9 Å². The molecule has 0 saturated carbocycles. The molecular formula is C23H26O7. The number of esters is 1. The Morgan fingerprint density at radius 2 is 1.87 bits per heavy atom. The summed E-state index contributed by atoms with van der Waals surface area (Å²) in [6.07, 6.45) is 4.66. The Balaban J connectivity index is 2.11. The minimum atomic E-state index is -0.712. The summed E-state index contributed by atoms with van der Waals surface area (Å²) in [6.45, 7) is 4.75. The van der Waals surface area contributed by atoms with Crippen LogP contribution in [0.5, 0.6) is 11.5 Å². The van der Waals surface area contributed by atoms with E-state index in [0.29, 0.717) is 31.6 Å². The van der Waals surface area contributed by atoms with Crippen molar-refractivity contribution in [2.75, 3.05) is 27.4 Å². The smallest absolute Gasteiger partial charge is 0.311 e. The lowest BCUT2D eigenvalue weighted by atomic mass is 9.88. The number of ether oxygens (including phenoxy) is 4. The Kier molecular flexibility index (Phi) is 6.72. The zero-order valence-electron chi connectivity index (χ0n) is 17.7. The van der Waals surface area contributed by atoms with Crippen molar-refractivity contribution in [1.82, 2.24) is 0 Å². The zero-order chi connectivity index (χ0) is 21.8. The van der Waals surface area contributed by atoms with Gasteiger partial charge in [0, 0.05) is 18.6 Å². The predicted molar refractivity (Wildman–Crippen MR) is 109 cm³/mol. The van der Waals surface area contributed by atoms with Crippen LogP contribution in [0.4, 0.5) is 0 Å². The van der Waals surface area contributed by atoms with Crippen LogP contribution in [0.3, 0.4) is 0 Å². The second-order valence-electron chi connectivity index (χ2n) is 7.52. The van der Waals surface area contributed by atoms with Crippen molar-refractivity contribution in [1.29, 1.82) is 0 Å². The van der Waals surface area contributed by atoms with Gasteiger partial charge in [-0.3, -0.25) is 14.4 Å². The molecule has 0 spiro atoms. The minimum Gasteiger partial charge on any atom is -0.496 e. The van der Waals surface area contributed by atoms with Crippen LogP contribution < -0.4 is 9.47 Å². The highest BCUT2D eigenvalue weighted by atomic mass is 16.6. The fraction of sp³-hybridized carbons (Fsp3) is 0.435. The summed E-state index contributed by atoms with van der Waals surface area (Å²) in [7, 11) is 2.85. The molecule has 2 atom stereocenters. The first-order valence-electron chi connectivity index (χ1n) is 9.84. The van der Waals surface area contributed by atoms with E-state index in [9.17, 15) is 14.4 Å². The van der Waals surface area contributed by atoms with E-state index in [1.165, 1.54) is 26.4 Å². The van der Waals surface area contributed by atoms with Crippen LogP contribution >= 0.6 is 0 Å². The maximum absolute atomic E-state index is 12.7. The van der Waals surface area contributed by atoms with Crippen LogP contribution in [0.2, 0.25) is 0 Å². The van der Waals surface area contributed by atoms with E-state index in [0.717, 1.165) is 5.57 Å². The molecular weight excluding hydrogens is 388 g/mol. The normalized spacial score (nSPS) is 18.6. The molecule has 1 aromatic rings. The average Bonchev–Trinajstić information content (AvgIpc) is 3.27. The van der Waals surface area contributed by atoms with Crippen molar-refractivity contribution in [2.45, 2.75) is 32.8 Å². The molecule has 0 bridgehead atoms. The average molecular weight is 414 g/mol. The molecule has 1 saturated heterocycles. The Labute approximate surface area is 175 Å². The second kappa shape index (κ2) is 9.26. The number of hydrogen-bond acceptors (Lipinski definition) is 7. The summed E-state index contributed by atoms with van der Waals surface area (Å²) in [5, 5.41) is 0. The van der Waals surface area contributed by atoms with Crippen molar-refractivity contribution in [3.8, 4) is 11.5 Å². The Bertz CT molecular complexity index is 916. The van der Waals surface area contributed by atoms with Crippen molar-refractivity contribution in [3.63, 3.8) is 0 Å². The third-order valence-electron chi connectivity index (χ3n) is 5.18. The lowest BCUT2D eigenvalue weighted by Gasteiger charge is -2.25. The fourth-order valence-electron chi connectivity index (χ4n) is 3.62. The van der Waals surface area contributed by atoms with Crippen molar-refractivity contribution in [2.24, 2.45) is 5.92 Å². The van der Waals surface area contributed by atoms with E-state index in [2.05, 4.69) is 0 Å². The van der Waals surface area contributed by atoms with Crippen LogP contribution in [-0.2, 0) is 14.3 Å². The molecule has 1 heterocycles. The Hall–Kier alpha value is -2.93. The number of fused-ring (bicyclic) bond motifs is 1. The third kappa shape index (κ3) is 4.31. The lowest BCUT2D eigenvalue weighted by molar-refractivity contribution is -0.154. The molecule has 0 amide bonds. The molecule has 7 heteroatoms. The summed E-state index contributed by atoms with van der Waals surface area (Å²) in [6, 6.07) is 1.62. The minimum absolute atomic E-state index is 0.127. The number of hydrogen-bond donors (Lipinski definition) is 0. The number of methoxy groups -OCH3 is 2. The fourth-order valence-corrected chi connectivity index (χ4v) is 3.62.